The molecule has 1 fully saturated rings. The maximum Gasteiger partial charge on any atom is 0.223 e. The van der Waals surface area contributed by atoms with Crippen molar-refractivity contribution in [2.24, 2.45) is 0 Å². The highest BCUT2D eigenvalue weighted by atomic mass is 16.5. The lowest BCUT2D eigenvalue weighted by Gasteiger charge is -2.07. The lowest BCUT2D eigenvalue weighted by molar-refractivity contribution is -0.121. The van der Waals surface area contributed by atoms with Crippen LogP contribution in [0.25, 0.3) is 0 Å². The first kappa shape index (κ1) is 12.0. The van der Waals surface area contributed by atoms with E-state index < -0.39 is 0 Å². The van der Waals surface area contributed by atoms with E-state index >= 15 is 0 Å². The lowest BCUT2D eigenvalue weighted by Crippen LogP contribution is -2.26. The van der Waals surface area contributed by atoms with Crippen LogP contribution in [0, 0.1) is 0 Å². The number of hydrogen-bond donors (Lipinski definition) is 1. The Bertz CT molecular complexity index is 368. The molecule has 0 aliphatic heterocycles. The predicted molar refractivity (Wildman–Crippen MR) is 67.1 cm³/mol. The molecule has 1 aliphatic rings. The van der Waals surface area contributed by atoms with Crippen LogP contribution in [0.2, 0.25) is 0 Å². The van der Waals surface area contributed by atoms with Gasteiger partial charge in [-0.1, -0.05) is 19.1 Å². The average molecular weight is 233 g/mol. The van der Waals surface area contributed by atoms with Gasteiger partial charge in [0.15, 0.2) is 0 Å². The molecule has 0 radical (unpaired) electrons. The Hall–Kier alpha value is -1.51. The second-order valence-corrected chi connectivity index (χ2v) is 4.44. The Balaban J connectivity index is 1.67. The first-order chi connectivity index (χ1) is 8.28. The summed E-state index contributed by atoms with van der Waals surface area (Å²) in [5.41, 5.74) is 1.30. The van der Waals surface area contributed by atoms with E-state index in [-0.39, 0.29) is 5.91 Å². The summed E-state index contributed by atoms with van der Waals surface area (Å²) in [6, 6.07) is 8.46. The molecule has 1 aromatic carbocycles. The monoisotopic (exact) mass is 233 g/mol. The summed E-state index contributed by atoms with van der Waals surface area (Å²) in [4.78, 5) is 11.4. The normalized spacial score (nSPS) is 14.4. The van der Waals surface area contributed by atoms with Gasteiger partial charge in [0.2, 0.25) is 5.91 Å². The molecule has 0 unspecified atom stereocenters. The Labute approximate surface area is 102 Å². The first-order valence-electron chi connectivity index (χ1n) is 6.29. The van der Waals surface area contributed by atoms with Crippen molar-refractivity contribution in [3.63, 3.8) is 0 Å². The van der Waals surface area contributed by atoms with Crippen LogP contribution in [0.5, 0.6) is 5.75 Å². The van der Waals surface area contributed by atoms with Crippen molar-refractivity contribution in [2.75, 3.05) is 6.61 Å². The Morgan fingerprint density at radius 3 is 2.65 bits per heavy atom. The molecule has 0 atom stereocenters. The fraction of sp³-hybridized carbons (Fsp3) is 0.500. The first-order valence-corrected chi connectivity index (χ1v) is 6.29. The standard InChI is InChI=1S/C14H19NO2/c1-2-11-3-7-13(8-4-11)17-10-9-14(16)15-12-5-6-12/h3-4,7-8,12H,2,5-6,9-10H2,1H3,(H,15,16). The third-order valence-electron chi connectivity index (χ3n) is 2.87. The van der Waals surface area contributed by atoms with Gasteiger partial charge in [-0.3, -0.25) is 4.79 Å². The Kier molecular flexibility index (Phi) is 4.02. The molecule has 92 valence electrons. The second kappa shape index (κ2) is 5.71. The predicted octanol–water partition coefficient (Wildman–Crippen LogP) is 2.30. The highest BCUT2D eigenvalue weighted by Gasteiger charge is 2.22. The zero-order chi connectivity index (χ0) is 12.1. The number of carbonyl (C=O) groups is 1. The van der Waals surface area contributed by atoms with Crippen LogP contribution in [-0.2, 0) is 11.2 Å². The highest BCUT2D eigenvalue weighted by molar-refractivity contribution is 5.76. The number of carbonyl (C=O) groups excluding carboxylic acids is 1. The molecule has 0 bridgehead atoms. The molecule has 1 amide bonds. The van der Waals surface area contributed by atoms with Crippen LogP contribution in [0.3, 0.4) is 0 Å². The smallest absolute Gasteiger partial charge is 0.223 e. The molecule has 0 saturated heterocycles. The van der Waals surface area contributed by atoms with Crippen LogP contribution in [0.15, 0.2) is 24.3 Å². The molecule has 0 heterocycles. The molecular weight excluding hydrogens is 214 g/mol. The number of amides is 1. The third kappa shape index (κ3) is 4.10. The van der Waals surface area contributed by atoms with Crippen molar-refractivity contribution >= 4 is 5.91 Å². The molecule has 3 heteroatoms. The lowest BCUT2D eigenvalue weighted by atomic mass is 10.2. The number of benzene rings is 1. The SMILES string of the molecule is CCc1ccc(OCCC(=O)NC2CC2)cc1. The van der Waals surface area contributed by atoms with E-state index in [2.05, 4.69) is 24.4 Å². The van der Waals surface area contributed by atoms with Gasteiger partial charge in [0.1, 0.15) is 5.75 Å². The summed E-state index contributed by atoms with van der Waals surface area (Å²) in [6.45, 7) is 2.57. The molecular formula is C14H19NO2. The molecule has 1 aromatic rings. The largest absolute Gasteiger partial charge is 0.493 e. The molecule has 0 aromatic heterocycles. The van der Waals surface area contributed by atoms with E-state index in [0.29, 0.717) is 19.1 Å². The van der Waals surface area contributed by atoms with Gasteiger partial charge in [0.05, 0.1) is 13.0 Å². The highest BCUT2D eigenvalue weighted by Crippen LogP contribution is 2.18. The fourth-order valence-electron chi connectivity index (χ4n) is 1.61. The van der Waals surface area contributed by atoms with Crippen molar-refractivity contribution in [3.05, 3.63) is 29.8 Å². The number of rotatable bonds is 6. The van der Waals surface area contributed by atoms with Gasteiger partial charge in [0, 0.05) is 6.04 Å². The average Bonchev–Trinajstić information content (AvgIpc) is 3.14. The number of hydrogen-bond acceptors (Lipinski definition) is 2. The number of ether oxygens (including phenoxy) is 1. The molecule has 17 heavy (non-hydrogen) atoms. The van der Waals surface area contributed by atoms with Crippen LogP contribution in [-0.4, -0.2) is 18.6 Å². The van der Waals surface area contributed by atoms with Crippen molar-refractivity contribution in [1.82, 2.24) is 5.32 Å². The van der Waals surface area contributed by atoms with Crippen molar-refractivity contribution in [1.29, 1.82) is 0 Å². The summed E-state index contributed by atoms with van der Waals surface area (Å²) in [5, 5.41) is 2.94. The molecule has 1 aliphatic carbocycles. The van der Waals surface area contributed by atoms with Crippen LogP contribution < -0.4 is 10.1 Å². The third-order valence-corrected chi connectivity index (χ3v) is 2.87. The van der Waals surface area contributed by atoms with Crippen LogP contribution in [0.1, 0.15) is 31.7 Å². The maximum atomic E-state index is 11.4. The Morgan fingerprint density at radius 1 is 1.35 bits per heavy atom. The summed E-state index contributed by atoms with van der Waals surface area (Å²) >= 11 is 0. The van der Waals surface area contributed by atoms with Gasteiger partial charge in [-0.05, 0) is 37.0 Å². The Morgan fingerprint density at radius 2 is 2.06 bits per heavy atom. The fourth-order valence-corrected chi connectivity index (χ4v) is 1.61. The summed E-state index contributed by atoms with van der Waals surface area (Å²) in [5.74, 6) is 0.930. The molecule has 2 rings (SSSR count). The topological polar surface area (TPSA) is 38.3 Å². The van der Waals surface area contributed by atoms with E-state index in [1.165, 1.54) is 5.56 Å². The minimum absolute atomic E-state index is 0.0951. The van der Waals surface area contributed by atoms with Gasteiger partial charge in [0.25, 0.3) is 0 Å². The van der Waals surface area contributed by atoms with E-state index in [4.69, 9.17) is 4.74 Å². The zero-order valence-corrected chi connectivity index (χ0v) is 10.2. The minimum atomic E-state index is 0.0951. The van der Waals surface area contributed by atoms with E-state index in [1.807, 2.05) is 12.1 Å². The zero-order valence-electron chi connectivity index (χ0n) is 10.2. The molecule has 1 N–H and O–H groups in total. The second-order valence-electron chi connectivity index (χ2n) is 4.44. The molecule has 3 nitrogen and oxygen atoms in total. The van der Waals surface area contributed by atoms with Crippen LogP contribution in [0.4, 0.5) is 0 Å². The quantitative estimate of drug-likeness (QED) is 0.818. The van der Waals surface area contributed by atoms with E-state index in [9.17, 15) is 4.79 Å². The summed E-state index contributed by atoms with van der Waals surface area (Å²) in [6.07, 6.45) is 3.73. The van der Waals surface area contributed by atoms with Crippen molar-refractivity contribution < 1.29 is 9.53 Å². The van der Waals surface area contributed by atoms with Gasteiger partial charge < -0.3 is 10.1 Å². The van der Waals surface area contributed by atoms with Gasteiger partial charge in [-0.2, -0.15) is 0 Å². The van der Waals surface area contributed by atoms with E-state index in [0.717, 1.165) is 25.0 Å². The summed E-state index contributed by atoms with van der Waals surface area (Å²) in [7, 11) is 0. The number of nitrogens with one attached hydrogen (secondary N) is 1. The minimum Gasteiger partial charge on any atom is -0.493 e. The van der Waals surface area contributed by atoms with E-state index in [1.54, 1.807) is 0 Å². The number of aryl methyl sites for hydroxylation is 1. The van der Waals surface area contributed by atoms with Crippen LogP contribution >= 0.6 is 0 Å². The van der Waals surface area contributed by atoms with Crippen molar-refractivity contribution in [3.8, 4) is 5.75 Å². The molecule has 0 spiro atoms. The maximum absolute atomic E-state index is 11.4. The van der Waals surface area contributed by atoms with Gasteiger partial charge in [-0.25, -0.2) is 0 Å². The van der Waals surface area contributed by atoms with Gasteiger partial charge in [-0.15, -0.1) is 0 Å². The van der Waals surface area contributed by atoms with Crippen molar-refractivity contribution in [2.45, 2.75) is 38.6 Å². The van der Waals surface area contributed by atoms with Gasteiger partial charge >= 0.3 is 0 Å². The molecule has 1 saturated carbocycles. The summed E-state index contributed by atoms with van der Waals surface area (Å²) < 4.78 is 5.52.